The largest absolute Gasteiger partial charge is 0.310 e. The van der Waals surface area contributed by atoms with E-state index >= 15 is 0 Å². The van der Waals surface area contributed by atoms with Crippen molar-refractivity contribution in [2.24, 2.45) is 0 Å². The number of anilines is 3. The first-order valence-corrected chi connectivity index (χ1v) is 14.8. The van der Waals surface area contributed by atoms with Crippen LogP contribution in [-0.2, 0) is 0 Å². The van der Waals surface area contributed by atoms with Crippen LogP contribution in [0.2, 0.25) is 0 Å². The van der Waals surface area contributed by atoms with Gasteiger partial charge in [-0.3, -0.25) is 0 Å². The minimum atomic E-state index is 1.12. The van der Waals surface area contributed by atoms with E-state index in [1.54, 1.807) is 0 Å². The summed E-state index contributed by atoms with van der Waals surface area (Å²) in [6.07, 6.45) is 0. The van der Waals surface area contributed by atoms with Crippen LogP contribution in [0, 0.1) is 0 Å². The fourth-order valence-corrected chi connectivity index (χ4v) is 6.27. The normalized spacial score (nSPS) is 11.3. The van der Waals surface area contributed by atoms with E-state index in [9.17, 15) is 0 Å². The van der Waals surface area contributed by atoms with Crippen LogP contribution >= 0.6 is 0 Å². The smallest absolute Gasteiger partial charge is 0.0546 e. The SMILES string of the molecule is c1ccc(-c2cccc(N(c3ccc(-c4ccc5ccccc5c4)cc3)c3cc4ccccc4c4ccccc34)c2)cc1. The Bertz CT molecular complexity index is 2230. The fraction of sp³-hybridized carbons (Fsp3) is 0. The molecule has 1 nitrogen and oxygen atoms in total. The number of rotatable bonds is 5. The van der Waals surface area contributed by atoms with Gasteiger partial charge < -0.3 is 4.90 Å². The highest BCUT2D eigenvalue weighted by atomic mass is 15.1. The topological polar surface area (TPSA) is 3.24 Å². The molecule has 0 atom stereocenters. The van der Waals surface area contributed by atoms with Gasteiger partial charge in [0.2, 0.25) is 0 Å². The summed E-state index contributed by atoms with van der Waals surface area (Å²) in [6.45, 7) is 0. The van der Waals surface area contributed by atoms with Crippen molar-refractivity contribution >= 4 is 49.4 Å². The molecular weight excluding hydrogens is 518 g/mol. The maximum atomic E-state index is 2.41. The van der Waals surface area contributed by atoms with Gasteiger partial charge in [-0.2, -0.15) is 0 Å². The Morgan fingerprint density at radius 2 is 0.860 bits per heavy atom. The molecule has 0 aromatic heterocycles. The average Bonchev–Trinajstić information content (AvgIpc) is 3.09. The molecule has 0 saturated heterocycles. The number of benzene rings is 8. The summed E-state index contributed by atoms with van der Waals surface area (Å²) in [5.74, 6) is 0. The van der Waals surface area contributed by atoms with E-state index in [-0.39, 0.29) is 0 Å². The van der Waals surface area contributed by atoms with Crippen LogP contribution in [0.4, 0.5) is 17.1 Å². The van der Waals surface area contributed by atoms with Gasteiger partial charge >= 0.3 is 0 Å². The van der Waals surface area contributed by atoms with Crippen molar-refractivity contribution in [3.05, 3.63) is 176 Å². The summed E-state index contributed by atoms with van der Waals surface area (Å²) in [6, 6.07) is 63.5. The Balaban J connectivity index is 1.32. The van der Waals surface area contributed by atoms with Gasteiger partial charge in [-0.25, -0.2) is 0 Å². The van der Waals surface area contributed by atoms with Gasteiger partial charge in [-0.15, -0.1) is 0 Å². The van der Waals surface area contributed by atoms with E-state index in [0.717, 1.165) is 17.1 Å². The van der Waals surface area contributed by atoms with Crippen molar-refractivity contribution < 1.29 is 0 Å². The standard InChI is InChI=1S/C42H29N/c1-2-11-30(12-3-1)34-16-10-17-38(28-34)43(42-29-36-15-6-7-18-39(36)40-19-8-9-20-41(40)42)37-25-23-32(24-26-37)35-22-21-31-13-4-5-14-33(31)27-35/h1-29H. The van der Waals surface area contributed by atoms with E-state index in [0.29, 0.717) is 0 Å². The van der Waals surface area contributed by atoms with Crippen molar-refractivity contribution in [3.63, 3.8) is 0 Å². The number of nitrogens with zero attached hydrogens (tertiary/aromatic N) is 1. The molecule has 0 fully saturated rings. The maximum Gasteiger partial charge on any atom is 0.0546 e. The van der Waals surface area contributed by atoms with Gasteiger partial charge in [0.1, 0.15) is 0 Å². The van der Waals surface area contributed by atoms with E-state index in [1.165, 1.54) is 54.6 Å². The van der Waals surface area contributed by atoms with Gasteiger partial charge in [0, 0.05) is 16.8 Å². The molecule has 8 aromatic carbocycles. The van der Waals surface area contributed by atoms with E-state index in [1.807, 2.05) is 0 Å². The van der Waals surface area contributed by atoms with Crippen LogP contribution in [0.25, 0.3) is 54.6 Å². The van der Waals surface area contributed by atoms with Crippen molar-refractivity contribution in [2.45, 2.75) is 0 Å². The van der Waals surface area contributed by atoms with Gasteiger partial charge in [-0.05, 0) is 85.6 Å². The summed E-state index contributed by atoms with van der Waals surface area (Å²) in [5.41, 5.74) is 8.24. The van der Waals surface area contributed by atoms with E-state index in [4.69, 9.17) is 0 Å². The lowest BCUT2D eigenvalue weighted by Gasteiger charge is -2.28. The predicted molar refractivity (Wildman–Crippen MR) is 185 cm³/mol. The van der Waals surface area contributed by atoms with Gasteiger partial charge in [0.05, 0.1) is 5.69 Å². The van der Waals surface area contributed by atoms with Crippen molar-refractivity contribution in [1.82, 2.24) is 0 Å². The number of hydrogen-bond donors (Lipinski definition) is 0. The Morgan fingerprint density at radius 1 is 0.279 bits per heavy atom. The third-order valence-electron chi connectivity index (χ3n) is 8.41. The first-order chi connectivity index (χ1) is 21.3. The lowest BCUT2D eigenvalue weighted by atomic mass is 9.98. The average molecular weight is 548 g/mol. The fourth-order valence-electron chi connectivity index (χ4n) is 6.27. The summed E-state index contributed by atoms with van der Waals surface area (Å²) in [7, 11) is 0. The lowest BCUT2D eigenvalue weighted by molar-refractivity contribution is 1.30. The Labute approximate surface area is 251 Å². The van der Waals surface area contributed by atoms with Crippen molar-refractivity contribution in [3.8, 4) is 22.3 Å². The predicted octanol–water partition coefficient (Wildman–Crippen LogP) is 11.9. The summed E-state index contributed by atoms with van der Waals surface area (Å²) < 4.78 is 0. The molecule has 0 aliphatic carbocycles. The van der Waals surface area contributed by atoms with Crippen molar-refractivity contribution in [2.75, 3.05) is 4.90 Å². The number of hydrogen-bond acceptors (Lipinski definition) is 1. The molecule has 0 N–H and O–H groups in total. The zero-order valence-corrected chi connectivity index (χ0v) is 23.7. The van der Waals surface area contributed by atoms with Gasteiger partial charge in [0.25, 0.3) is 0 Å². The van der Waals surface area contributed by atoms with Crippen LogP contribution in [-0.4, -0.2) is 0 Å². The Morgan fingerprint density at radius 3 is 1.67 bits per heavy atom. The summed E-state index contributed by atoms with van der Waals surface area (Å²) >= 11 is 0. The van der Waals surface area contributed by atoms with E-state index < -0.39 is 0 Å². The number of fused-ring (bicyclic) bond motifs is 4. The summed E-state index contributed by atoms with van der Waals surface area (Å²) in [5, 5.41) is 7.50. The monoisotopic (exact) mass is 547 g/mol. The molecule has 202 valence electrons. The van der Waals surface area contributed by atoms with Gasteiger partial charge in [-0.1, -0.05) is 140 Å². The van der Waals surface area contributed by atoms with Crippen molar-refractivity contribution in [1.29, 1.82) is 0 Å². The minimum Gasteiger partial charge on any atom is -0.310 e. The molecule has 0 heterocycles. The molecule has 0 aliphatic heterocycles. The maximum absolute atomic E-state index is 2.41. The minimum absolute atomic E-state index is 1.12. The molecule has 0 radical (unpaired) electrons. The second kappa shape index (κ2) is 10.6. The van der Waals surface area contributed by atoms with Gasteiger partial charge in [0.15, 0.2) is 0 Å². The highest BCUT2D eigenvalue weighted by Gasteiger charge is 2.18. The molecule has 8 rings (SSSR count). The first kappa shape index (κ1) is 25.1. The second-order valence-electron chi connectivity index (χ2n) is 11.0. The summed E-state index contributed by atoms with van der Waals surface area (Å²) in [4.78, 5) is 2.41. The highest BCUT2D eigenvalue weighted by molar-refractivity contribution is 6.14. The zero-order chi connectivity index (χ0) is 28.6. The van der Waals surface area contributed by atoms with E-state index in [2.05, 4.69) is 181 Å². The third kappa shape index (κ3) is 4.62. The molecule has 0 saturated carbocycles. The Hall–Kier alpha value is -5.66. The quantitative estimate of drug-likeness (QED) is 0.194. The molecule has 1 heteroatoms. The first-order valence-electron chi connectivity index (χ1n) is 14.8. The molecule has 0 aliphatic rings. The van der Waals surface area contributed by atoms with Crippen LogP contribution in [0.15, 0.2) is 176 Å². The van der Waals surface area contributed by atoms with Crippen LogP contribution in [0.5, 0.6) is 0 Å². The lowest BCUT2D eigenvalue weighted by Crippen LogP contribution is -2.10. The Kier molecular flexibility index (Phi) is 6.20. The molecule has 43 heavy (non-hydrogen) atoms. The van der Waals surface area contributed by atoms with Crippen LogP contribution < -0.4 is 4.90 Å². The second-order valence-corrected chi connectivity index (χ2v) is 11.0. The zero-order valence-electron chi connectivity index (χ0n) is 23.7. The molecular formula is C42H29N. The van der Waals surface area contributed by atoms with Crippen LogP contribution in [0.1, 0.15) is 0 Å². The highest BCUT2D eigenvalue weighted by Crippen LogP contribution is 2.43. The molecule has 0 unspecified atom stereocenters. The third-order valence-corrected chi connectivity index (χ3v) is 8.41. The molecule has 0 amide bonds. The molecule has 0 spiro atoms. The molecule has 0 bridgehead atoms. The molecule has 8 aromatic rings. The van der Waals surface area contributed by atoms with Crippen LogP contribution in [0.3, 0.4) is 0 Å².